The number of para-hydroxylation sites is 2. The quantitative estimate of drug-likeness (QED) is 0.191. The maximum Gasteiger partial charge on any atom is 0.263 e. The Balaban J connectivity index is 1.10. The van der Waals surface area contributed by atoms with Gasteiger partial charge >= 0.3 is 0 Å². The monoisotopic (exact) mass is 720 g/mol. The van der Waals surface area contributed by atoms with Crippen molar-refractivity contribution in [1.82, 2.24) is 0 Å². The summed E-state index contributed by atoms with van der Waals surface area (Å²) in [6, 6.07) is 31.1. The third-order valence-electron chi connectivity index (χ3n) is 9.85. The maximum atomic E-state index is 13.3. The van der Waals surface area contributed by atoms with Crippen LogP contribution in [0.4, 0.5) is 5.69 Å². The van der Waals surface area contributed by atoms with Crippen molar-refractivity contribution in [2.24, 2.45) is 0 Å². The number of ketones is 1. The van der Waals surface area contributed by atoms with Crippen molar-refractivity contribution < 1.29 is 14.5 Å². The number of benzene rings is 4. The van der Waals surface area contributed by atoms with Crippen molar-refractivity contribution in [2.75, 3.05) is 11.4 Å². The Morgan fingerprint density at radius 3 is 2.06 bits per heavy atom. The first kappa shape index (κ1) is 33.8. The summed E-state index contributed by atoms with van der Waals surface area (Å²) in [4.78, 5) is 43.2. The van der Waals surface area contributed by atoms with E-state index < -0.39 is 0 Å². The molecule has 0 atom stereocenters. The fourth-order valence-electron chi connectivity index (χ4n) is 6.93. The molecule has 0 unspecified atom stereocenters. The van der Waals surface area contributed by atoms with Gasteiger partial charge in [0.2, 0.25) is 16.4 Å². The Kier molecular flexibility index (Phi) is 9.11. The van der Waals surface area contributed by atoms with E-state index in [-0.39, 0.29) is 44.0 Å². The molecular formula is C44H36N2O4S2. The number of thioether (sulfide) groups is 1. The predicted molar refractivity (Wildman–Crippen MR) is 207 cm³/mol. The van der Waals surface area contributed by atoms with Gasteiger partial charge in [0.05, 0.1) is 21.2 Å². The van der Waals surface area contributed by atoms with Crippen LogP contribution in [0.3, 0.4) is 0 Å². The second-order valence-corrected chi connectivity index (χ2v) is 15.3. The molecule has 6 aromatic rings. The summed E-state index contributed by atoms with van der Waals surface area (Å²) < 4.78 is 3.33. The molecule has 2 aliphatic rings. The number of carbonyl (C=O) groups is 1. The molecule has 0 saturated heterocycles. The molecule has 8 rings (SSSR count). The van der Waals surface area contributed by atoms with Gasteiger partial charge in [0.25, 0.3) is 5.01 Å². The molecular weight excluding hydrogens is 685 g/mol. The number of anilines is 1. The molecule has 52 heavy (non-hydrogen) atoms. The van der Waals surface area contributed by atoms with Crippen LogP contribution in [0, 0.1) is 20.9 Å². The molecule has 5 aromatic carbocycles. The molecule has 1 aliphatic heterocycles. The van der Waals surface area contributed by atoms with Crippen LogP contribution in [0.5, 0.6) is 0 Å². The van der Waals surface area contributed by atoms with Gasteiger partial charge in [-0.1, -0.05) is 128 Å². The summed E-state index contributed by atoms with van der Waals surface area (Å²) in [7, 11) is 0. The van der Waals surface area contributed by atoms with Gasteiger partial charge in [-0.3, -0.25) is 14.4 Å². The average molecular weight is 721 g/mol. The van der Waals surface area contributed by atoms with E-state index in [0.29, 0.717) is 10.4 Å². The van der Waals surface area contributed by atoms with Crippen molar-refractivity contribution in [3.63, 3.8) is 0 Å². The lowest BCUT2D eigenvalue weighted by molar-refractivity contribution is -0.669. The van der Waals surface area contributed by atoms with Crippen LogP contribution in [0.25, 0.3) is 21.9 Å². The van der Waals surface area contributed by atoms with Crippen molar-refractivity contribution in [3.8, 4) is 0 Å². The lowest BCUT2D eigenvalue weighted by Crippen LogP contribution is -2.50. The molecule has 0 N–H and O–H groups in total. The largest absolute Gasteiger partial charge is 0.871 e. The van der Waals surface area contributed by atoms with Crippen LogP contribution in [0.1, 0.15) is 44.5 Å². The van der Waals surface area contributed by atoms with Crippen molar-refractivity contribution in [3.05, 3.63) is 176 Å². The lowest BCUT2D eigenvalue weighted by atomic mass is 9.86. The zero-order valence-corrected chi connectivity index (χ0v) is 30.6. The minimum atomic E-state index is -0.231. The zero-order valence-electron chi connectivity index (χ0n) is 29.0. The van der Waals surface area contributed by atoms with E-state index in [0.717, 1.165) is 80.0 Å². The molecule has 0 amide bonds. The molecule has 0 saturated carbocycles. The van der Waals surface area contributed by atoms with Crippen molar-refractivity contribution >= 4 is 56.4 Å². The molecule has 2 heterocycles. The Morgan fingerprint density at radius 1 is 0.731 bits per heavy atom. The Hall–Kier alpha value is -5.31. The summed E-state index contributed by atoms with van der Waals surface area (Å²) in [5.41, 5.74) is 2.20. The lowest BCUT2D eigenvalue weighted by Gasteiger charge is -2.30. The molecule has 1 aliphatic carbocycles. The van der Waals surface area contributed by atoms with E-state index in [2.05, 4.69) is 47.6 Å². The molecule has 0 spiro atoms. The first-order valence-corrected chi connectivity index (χ1v) is 19.4. The van der Waals surface area contributed by atoms with Crippen molar-refractivity contribution in [2.45, 2.75) is 51.0 Å². The highest BCUT2D eigenvalue weighted by molar-refractivity contribution is 8.03. The zero-order chi connectivity index (χ0) is 35.9. The van der Waals surface area contributed by atoms with Gasteiger partial charge in [-0.2, -0.15) is 4.57 Å². The molecule has 8 heteroatoms. The number of nitrogens with zero attached hydrogens (tertiary/aromatic N) is 2. The van der Waals surface area contributed by atoms with E-state index >= 15 is 0 Å². The maximum absolute atomic E-state index is 13.3. The minimum Gasteiger partial charge on any atom is -0.871 e. The van der Waals surface area contributed by atoms with Crippen LogP contribution in [0.2, 0.25) is 0 Å². The molecule has 1 aromatic heterocycles. The van der Waals surface area contributed by atoms with Crippen LogP contribution < -0.4 is 35.9 Å². The van der Waals surface area contributed by atoms with E-state index in [1.165, 1.54) is 0 Å². The van der Waals surface area contributed by atoms with Crippen LogP contribution in [0.15, 0.2) is 134 Å². The van der Waals surface area contributed by atoms with E-state index in [9.17, 15) is 19.5 Å². The van der Waals surface area contributed by atoms with Gasteiger partial charge in [0.1, 0.15) is 4.70 Å². The highest BCUT2D eigenvalue weighted by Crippen LogP contribution is 2.47. The first-order chi connectivity index (χ1) is 25.4. The highest BCUT2D eigenvalue weighted by Gasteiger charge is 2.30. The van der Waals surface area contributed by atoms with Crippen LogP contribution >= 0.6 is 23.1 Å². The van der Waals surface area contributed by atoms with Gasteiger partial charge in [0, 0.05) is 41.1 Å². The summed E-state index contributed by atoms with van der Waals surface area (Å²) in [6.45, 7) is 5.96. The third kappa shape index (κ3) is 5.86. The number of hydrogen-bond donors (Lipinski definition) is 0. The number of allylic oxidation sites excluding steroid dienone is 3. The third-order valence-corrected chi connectivity index (χ3v) is 12.1. The number of Topliss-reactive ketones (excluding diaryl/α,β-unsaturated/α-hetero) is 1. The topological polar surface area (TPSA) is 81.4 Å². The average Bonchev–Trinajstić information content (AvgIpc) is 3.72. The molecule has 0 radical (unpaired) electrons. The molecule has 0 bridgehead atoms. The fourth-order valence-corrected chi connectivity index (χ4v) is 9.20. The van der Waals surface area contributed by atoms with Gasteiger partial charge in [0.15, 0.2) is 12.3 Å². The van der Waals surface area contributed by atoms with Gasteiger partial charge < -0.3 is 10.0 Å². The predicted octanol–water partition coefficient (Wildman–Crippen LogP) is 5.59. The first-order valence-electron chi connectivity index (χ1n) is 17.8. The number of carbonyl (C=O) groups excluding carboxylic acids is 1. The standard InChI is InChI=1S/C44H36N2O4S2/c1-3-5-23-45-33-11-7-9-13-35(33)51-37(45)25-31-41(47)39(42(31)48)29-19-15-27(16-20-29)28-17-21-30(22-18-28)40-43(49)32(44(40)50)26-38-46(24-6-4-2)34-12-8-10-14-36(34)52-38/h7-22,25-26H,3-6,23-24H2,1-2H3/b37-25+. The normalized spacial score (nSPS) is 14.9. The summed E-state index contributed by atoms with van der Waals surface area (Å²) in [5.74, 6) is -0.463. The van der Waals surface area contributed by atoms with E-state index in [1.54, 1.807) is 59.5 Å². The number of hydrogen-bond acceptors (Lipinski definition) is 7. The van der Waals surface area contributed by atoms with Gasteiger partial charge in [-0.25, -0.2) is 0 Å². The van der Waals surface area contributed by atoms with Crippen LogP contribution in [-0.2, 0) is 11.3 Å². The second-order valence-electron chi connectivity index (χ2n) is 13.2. The fraction of sp³-hybridized carbons (Fsp3) is 0.182. The number of unbranched alkanes of at least 4 members (excludes halogenated alkanes) is 2. The van der Waals surface area contributed by atoms with Crippen molar-refractivity contribution in [1.29, 1.82) is 0 Å². The number of thiazole rings is 1. The SMILES string of the molecule is CCCCN1/C(=C\C2=C([O-])C(=c3ccc(=c4ccc(=c5c(=O)c(=Cc6sc7ccccc7[n+]6CCCC)c5=O)cc4)cc3)C2=O)Sc2ccccc21. The number of fused-ring (bicyclic) bond motifs is 2. The summed E-state index contributed by atoms with van der Waals surface area (Å²) in [5, 5.41) is 18.5. The molecule has 258 valence electrons. The Bertz CT molecular complexity index is 2820. The van der Waals surface area contributed by atoms with Gasteiger partial charge in [-0.05, 0) is 51.6 Å². The highest BCUT2D eigenvalue weighted by atomic mass is 32.2. The number of aryl methyl sites for hydroxylation is 1. The Labute approximate surface area is 308 Å². The van der Waals surface area contributed by atoms with Crippen LogP contribution in [-0.4, -0.2) is 12.3 Å². The molecule has 0 fully saturated rings. The minimum absolute atomic E-state index is 0.211. The van der Waals surface area contributed by atoms with Gasteiger partial charge in [-0.15, -0.1) is 0 Å². The summed E-state index contributed by atoms with van der Waals surface area (Å²) in [6.07, 6.45) is 7.63. The van der Waals surface area contributed by atoms with E-state index in [1.807, 2.05) is 48.5 Å². The Morgan fingerprint density at radius 2 is 1.37 bits per heavy atom. The number of aromatic nitrogens is 1. The second kappa shape index (κ2) is 14.0. The summed E-state index contributed by atoms with van der Waals surface area (Å²) >= 11 is 3.19. The molecule has 6 nitrogen and oxygen atoms in total. The smallest absolute Gasteiger partial charge is 0.263 e. The van der Waals surface area contributed by atoms with E-state index in [4.69, 9.17) is 0 Å². The number of rotatable bonds is 8.